The maximum atomic E-state index is 8.39. The first-order valence-corrected chi connectivity index (χ1v) is 3.21. The smallest absolute Gasteiger partial charge is 0.245 e. The fourth-order valence-electron chi connectivity index (χ4n) is 0.630. The molecular weight excluding hydrogens is 140 g/mol. The lowest BCUT2D eigenvalue weighted by molar-refractivity contribution is 0.578. The average Bonchev–Trinajstić information content (AvgIpc) is 2.50. The molecule has 4 nitrogen and oxygen atoms in total. The third-order valence-corrected chi connectivity index (χ3v) is 1.37. The highest BCUT2D eigenvalue weighted by atomic mass is 15.3. The second-order valence-corrected chi connectivity index (χ2v) is 2.14. The molecule has 0 fully saturated rings. The van der Waals surface area contributed by atoms with Crippen LogP contribution in [-0.4, -0.2) is 14.8 Å². The zero-order chi connectivity index (χ0) is 8.27. The molecular formula is C7H8N4. The molecule has 0 aliphatic carbocycles. The van der Waals surface area contributed by atoms with Crippen LogP contribution in [0.25, 0.3) is 0 Å². The highest BCUT2D eigenvalue weighted by molar-refractivity contribution is 5.06. The van der Waals surface area contributed by atoms with Crippen LogP contribution in [0.5, 0.6) is 0 Å². The summed E-state index contributed by atoms with van der Waals surface area (Å²) in [5.74, 6) is 0.193. The summed E-state index contributed by atoms with van der Waals surface area (Å²) >= 11 is 0. The molecule has 0 bridgehead atoms. The van der Waals surface area contributed by atoms with E-state index < -0.39 is 0 Å². The van der Waals surface area contributed by atoms with Gasteiger partial charge in [-0.15, -0.1) is 11.7 Å². The third-order valence-electron chi connectivity index (χ3n) is 1.37. The second-order valence-electron chi connectivity index (χ2n) is 2.14. The number of aromatic nitrogens is 3. The predicted molar refractivity (Wildman–Crippen MR) is 39.6 cm³/mol. The fraction of sp³-hybridized carbons (Fsp3) is 0.286. The standard InChI is InChI=1S/C7H8N4/c1-3-6(2)11-5-9-7(4-8)10-11/h3,5-6H,1H2,2H3. The van der Waals surface area contributed by atoms with Crippen molar-refractivity contribution in [2.24, 2.45) is 0 Å². The highest BCUT2D eigenvalue weighted by Gasteiger charge is 2.02. The van der Waals surface area contributed by atoms with Crippen molar-refractivity contribution in [2.75, 3.05) is 0 Å². The minimum absolute atomic E-state index is 0.0876. The summed E-state index contributed by atoms with van der Waals surface area (Å²) in [7, 11) is 0. The molecule has 0 saturated carbocycles. The van der Waals surface area contributed by atoms with E-state index in [2.05, 4.69) is 16.7 Å². The molecule has 1 unspecified atom stereocenters. The molecule has 1 rings (SSSR count). The minimum Gasteiger partial charge on any atom is -0.245 e. The van der Waals surface area contributed by atoms with Gasteiger partial charge in [0.2, 0.25) is 0 Å². The first kappa shape index (κ1) is 7.48. The van der Waals surface area contributed by atoms with Gasteiger partial charge < -0.3 is 0 Å². The molecule has 4 heteroatoms. The molecule has 0 saturated heterocycles. The SMILES string of the molecule is C=CC(C)n1cnc(C#N)n1. The molecule has 0 aliphatic rings. The topological polar surface area (TPSA) is 54.5 Å². The molecule has 1 aromatic rings. The van der Waals surface area contributed by atoms with E-state index >= 15 is 0 Å². The van der Waals surface area contributed by atoms with Crippen molar-refractivity contribution >= 4 is 0 Å². The van der Waals surface area contributed by atoms with Gasteiger partial charge in [-0.3, -0.25) is 0 Å². The van der Waals surface area contributed by atoms with Crippen LogP contribution in [0.1, 0.15) is 18.8 Å². The molecule has 0 spiro atoms. The molecule has 56 valence electrons. The van der Waals surface area contributed by atoms with Gasteiger partial charge in [0.25, 0.3) is 5.82 Å². The van der Waals surface area contributed by atoms with E-state index in [-0.39, 0.29) is 11.9 Å². The summed E-state index contributed by atoms with van der Waals surface area (Å²) in [5, 5.41) is 12.3. The van der Waals surface area contributed by atoms with E-state index in [1.54, 1.807) is 10.8 Å². The Morgan fingerprint density at radius 1 is 1.91 bits per heavy atom. The lowest BCUT2D eigenvalue weighted by Gasteiger charge is -2.02. The highest BCUT2D eigenvalue weighted by Crippen LogP contribution is 2.02. The van der Waals surface area contributed by atoms with Gasteiger partial charge in [-0.1, -0.05) is 6.08 Å². The number of rotatable bonds is 2. The van der Waals surface area contributed by atoms with Gasteiger partial charge in [-0.05, 0) is 6.92 Å². The van der Waals surface area contributed by atoms with Crippen molar-refractivity contribution in [3.8, 4) is 6.07 Å². The Bertz CT molecular complexity index is 294. The van der Waals surface area contributed by atoms with Crippen molar-refractivity contribution in [1.82, 2.24) is 14.8 Å². The Hall–Kier alpha value is -1.63. The summed E-state index contributed by atoms with van der Waals surface area (Å²) in [6.45, 7) is 5.52. The Balaban J connectivity index is 2.90. The van der Waals surface area contributed by atoms with Gasteiger partial charge in [0.1, 0.15) is 12.4 Å². The minimum atomic E-state index is 0.0876. The summed E-state index contributed by atoms with van der Waals surface area (Å²) in [6, 6.07) is 1.94. The largest absolute Gasteiger partial charge is 0.252 e. The van der Waals surface area contributed by atoms with Crippen molar-refractivity contribution in [2.45, 2.75) is 13.0 Å². The number of allylic oxidation sites excluding steroid dienone is 1. The third kappa shape index (κ3) is 1.44. The van der Waals surface area contributed by atoms with Crippen molar-refractivity contribution in [3.63, 3.8) is 0 Å². The lowest BCUT2D eigenvalue weighted by Crippen LogP contribution is -2.02. The Kier molecular flexibility index (Phi) is 2.02. The summed E-state index contributed by atoms with van der Waals surface area (Å²) in [6.07, 6.45) is 3.25. The molecule has 0 aromatic carbocycles. The van der Waals surface area contributed by atoms with Crippen LogP contribution in [0.3, 0.4) is 0 Å². The van der Waals surface area contributed by atoms with Crippen molar-refractivity contribution in [1.29, 1.82) is 5.26 Å². The van der Waals surface area contributed by atoms with E-state index in [0.29, 0.717) is 0 Å². The molecule has 0 N–H and O–H groups in total. The summed E-state index contributed by atoms with van der Waals surface area (Å²) < 4.78 is 1.59. The Labute approximate surface area is 64.8 Å². The summed E-state index contributed by atoms with van der Waals surface area (Å²) in [4.78, 5) is 3.75. The van der Waals surface area contributed by atoms with Gasteiger partial charge in [0.05, 0.1) is 6.04 Å². The first-order valence-electron chi connectivity index (χ1n) is 3.21. The molecule has 1 heterocycles. The quantitative estimate of drug-likeness (QED) is 0.585. The van der Waals surface area contributed by atoms with Crippen LogP contribution in [0.15, 0.2) is 19.0 Å². The van der Waals surface area contributed by atoms with Crippen molar-refractivity contribution < 1.29 is 0 Å². The lowest BCUT2D eigenvalue weighted by atomic mass is 10.3. The second kappa shape index (κ2) is 2.97. The van der Waals surface area contributed by atoms with Gasteiger partial charge >= 0.3 is 0 Å². The van der Waals surface area contributed by atoms with Crippen molar-refractivity contribution in [3.05, 3.63) is 24.8 Å². The number of hydrogen-bond donors (Lipinski definition) is 0. The molecule has 0 radical (unpaired) electrons. The zero-order valence-corrected chi connectivity index (χ0v) is 6.23. The van der Waals surface area contributed by atoms with Crippen LogP contribution in [0.4, 0.5) is 0 Å². The summed E-state index contributed by atoms with van der Waals surface area (Å²) in [5.41, 5.74) is 0. The number of nitrogens with zero attached hydrogens (tertiary/aromatic N) is 4. The maximum Gasteiger partial charge on any atom is 0.252 e. The predicted octanol–water partition coefficient (Wildman–Crippen LogP) is 0.897. The zero-order valence-electron chi connectivity index (χ0n) is 6.23. The van der Waals surface area contributed by atoms with Crippen LogP contribution < -0.4 is 0 Å². The average molecular weight is 148 g/mol. The molecule has 1 aromatic heterocycles. The molecule has 0 aliphatic heterocycles. The van der Waals surface area contributed by atoms with E-state index in [0.717, 1.165) is 0 Å². The normalized spacial score (nSPS) is 12.0. The van der Waals surface area contributed by atoms with Gasteiger partial charge in [0, 0.05) is 0 Å². The first-order chi connectivity index (χ1) is 5.27. The van der Waals surface area contributed by atoms with E-state index in [4.69, 9.17) is 5.26 Å². The van der Waals surface area contributed by atoms with E-state index in [9.17, 15) is 0 Å². The van der Waals surface area contributed by atoms with E-state index in [1.165, 1.54) is 6.33 Å². The molecule has 11 heavy (non-hydrogen) atoms. The number of hydrogen-bond acceptors (Lipinski definition) is 3. The Morgan fingerprint density at radius 2 is 2.64 bits per heavy atom. The van der Waals surface area contributed by atoms with Gasteiger partial charge in [0.15, 0.2) is 0 Å². The maximum absolute atomic E-state index is 8.39. The Morgan fingerprint density at radius 3 is 3.09 bits per heavy atom. The van der Waals surface area contributed by atoms with E-state index in [1.807, 2.05) is 13.0 Å². The van der Waals surface area contributed by atoms with Crippen LogP contribution in [0.2, 0.25) is 0 Å². The number of nitriles is 1. The van der Waals surface area contributed by atoms with Gasteiger partial charge in [-0.25, -0.2) is 9.67 Å². The van der Waals surface area contributed by atoms with Gasteiger partial charge in [-0.2, -0.15) is 5.26 Å². The molecule has 0 amide bonds. The molecule has 1 atom stereocenters. The van der Waals surface area contributed by atoms with Crippen LogP contribution in [0, 0.1) is 11.3 Å². The fourth-order valence-corrected chi connectivity index (χ4v) is 0.630. The van der Waals surface area contributed by atoms with Crippen LogP contribution in [-0.2, 0) is 0 Å². The van der Waals surface area contributed by atoms with Crippen LogP contribution >= 0.6 is 0 Å². The monoisotopic (exact) mass is 148 g/mol.